The summed E-state index contributed by atoms with van der Waals surface area (Å²) in [6.45, 7) is 6.38. The summed E-state index contributed by atoms with van der Waals surface area (Å²) in [5.41, 5.74) is 2.87. The molecular weight excluding hydrogens is 437 g/mol. The highest BCUT2D eigenvalue weighted by Gasteiger charge is 2.19. The summed E-state index contributed by atoms with van der Waals surface area (Å²) < 4.78 is 46.0. The van der Waals surface area contributed by atoms with Crippen LogP contribution in [0.5, 0.6) is 0 Å². The zero-order valence-electron chi connectivity index (χ0n) is 19.3. The lowest BCUT2D eigenvalue weighted by Gasteiger charge is -2.35. The van der Waals surface area contributed by atoms with Crippen molar-refractivity contribution in [3.8, 4) is 0 Å². The van der Waals surface area contributed by atoms with E-state index in [0.717, 1.165) is 63.2 Å². The Morgan fingerprint density at radius 3 is 1.56 bits per heavy atom. The van der Waals surface area contributed by atoms with Gasteiger partial charge in [0.25, 0.3) is 0 Å². The van der Waals surface area contributed by atoms with Crippen LogP contribution in [0.2, 0.25) is 0 Å². The van der Waals surface area contributed by atoms with Crippen LogP contribution in [0, 0.1) is 17.5 Å². The normalized spacial score (nSPS) is 15.2. The first kappa shape index (κ1) is 24.5. The van der Waals surface area contributed by atoms with Crippen LogP contribution in [0.25, 0.3) is 0 Å². The largest absolute Gasteiger partial charge is 0.367 e. The number of rotatable bonds is 10. The average molecular weight is 469 g/mol. The van der Waals surface area contributed by atoms with Crippen molar-refractivity contribution >= 4 is 0 Å². The number of halogens is 3. The van der Waals surface area contributed by atoms with Gasteiger partial charge in [0.05, 0.1) is 6.61 Å². The number of nitrogens with zero attached hydrogens (tertiary/aromatic N) is 2. The average Bonchev–Trinajstić information content (AvgIpc) is 2.85. The molecule has 0 atom stereocenters. The van der Waals surface area contributed by atoms with Gasteiger partial charge in [0.15, 0.2) is 0 Å². The van der Waals surface area contributed by atoms with E-state index >= 15 is 0 Å². The summed E-state index contributed by atoms with van der Waals surface area (Å²) in [6, 6.07) is 19.3. The monoisotopic (exact) mass is 468 g/mol. The molecule has 0 bridgehead atoms. The third-order valence-corrected chi connectivity index (χ3v) is 6.36. The lowest BCUT2D eigenvalue weighted by atomic mass is 10.0. The molecule has 3 aromatic rings. The van der Waals surface area contributed by atoms with Crippen LogP contribution in [-0.4, -0.2) is 55.7 Å². The molecule has 6 heteroatoms. The van der Waals surface area contributed by atoms with E-state index in [4.69, 9.17) is 4.74 Å². The Kier molecular flexibility index (Phi) is 8.74. The summed E-state index contributed by atoms with van der Waals surface area (Å²) in [5.74, 6) is -0.778. The van der Waals surface area contributed by atoms with E-state index in [1.165, 1.54) is 42.0 Å². The number of benzene rings is 3. The highest BCUT2D eigenvalue weighted by molar-refractivity contribution is 5.30. The second-order valence-electron chi connectivity index (χ2n) is 8.77. The molecule has 3 aromatic carbocycles. The van der Waals surface area contributed by atoms with Gasteiger partial charge in [-0.15, -0.1) is 0 Å². The molecule has 0 N–H and O–H groups in total. The summed E-state index contributed by atoms with van der Waals surface area (Å²) in [5, 5.41) is 0. The van der Waals surface area contributed by atoms with Crippen molar-refractivity contribution in [1.29, 1.82) is 0 Å². The van der Waals surface area contributed by atoms with E-state index in [-0.39, 0.29) is 23.6 Å². The quantitative estimate of drug-likeness (QED) is 0.393. The minimum Gasteiger partial charge on any atom is -0.367 e. The molecule has 180 valence electrons. The summed E-state index contributed by atoms with van der Waals surface area (Å²) >= 11 is 0. The summed E-state index contributed by atoms with van der Waals surface area (Å²) in [7, 11) is 0. The highest BCUT2D eigenvalue weighted by Crippen LogP contribution is 2.26. The Hall–Kier alpha value is -2.67. The Morgan fingerprint density at radius 1 is 0.618 bits per heavy atom. The third-order valence-electron chi connectivity index (χ3n) is 6.36. The van der Waals surface area contributed by atoms with E-state index in [0.29, 0.717) is 6.61 Å². The third kappa shape index (κ3) is 7.16. The first-order chi connectivity index (χ1) is 16.6. The molecule has 4 rings (SSSR count). The number of hydrogen-bond acceptors (Lipinski definition) is 3. The van der Waals surface area contributed by atoms with Gasteiger partial charge in [0.2, 0.25) is 0 Å². The minimum absolute atomic E-state index is 0.189. The lowest BCUT2D eigenvalue weighted by Crippen LogP contribution is -2.47. The molecule has 1 heterocycles. The van der Waals surface area contributed by atoms with Crippen LogP contribution in [-0.2, 0) is 11.2 Å². The van der Waals surface area contributed by atoms with E-state index < -0.39 is 0 Å². The van der Waals surface area contributed by atoms with Gasteiger partial charge in [-0.1, -0.05) is 36.4 Å². The fraction of sp³-hybridized carbons (Fsp3) is 0.357. The molecule has 3 nitrogen and oxygen atoms in total. The predicted octanol–water partition coefficient (Wildman–Crippen LogP) is 5.46. The maximum absolute atomic E-state index is 13.4. The van der Waals surface area contributed by atoms with Crippen molar-refractivity contribution in [1.82, 2.24) is 9.80 Å². The van der Waals surface area contributed by atoms with Crippen LogP contribution in [0.4, 0.5) is 13.2 Å². The number of hydrogen-bond donors (Lipinski definition) is 0. The molecule has 1 aliphatic rings. The summed E-state index contributed by atoms with van der Waals surface area (Å²) in [6.07, 6.45) is 1.66. The zero-order valence-corrected chi connectivity index (χ0v) is 19.3. The van der Waals surface area contributed by atoms with Crippen LogP contribution in [0.15, 0.2) is 72.8 Å². The van der Waals surface area contributed by atoms with Crippen molar-refractivity contribution in [2.75, 3.05) is 45.9 Å². The fourth-order valence-corrected chi connectivity index (χ4v) is 4.35. The van der Waals surface area contributed by atoms with E-state index in [9.17, 15) is 13.2 Å². The maximum atomic E-state index is 13.4. The molecule has 0 aliphatic carbocycles. The van der Waals surface area contributed by atoms with Crippen molar-refractivity contribution in [2.24, 2.45) is 0 Å². The Morgan fingerprint density at radius 2 is 1.06 bits per heavy atom. The smallest absolute Gasteiger partial charge is 0.123 e. The first-order valence-corrected chi connectivity index (χ1v) is 11.9. The molecular formula is C28H31F3N2O. The van der Waals surface area contributed by atoms with Crippen molar-refractivity contribution in [2.45, 2.75) is 18.9 Å². The van der Waals surface area contributed by atoms with Gasteiger partial charge in [-0.3, -0.25) is 4.90 Å². The first-order valence-electron chi connectivity index (χ1n) is 11.9. The molecule has 0 spiro atoms. The van der Waals surface area contributed by atoms with Crippen LogP contribution < -0.4 is 0 Å². The topological polar surface area (TPSA) is 15.7 Å². The SMILES string of the molecule is Fc1ccc(CCCN2CCN(CCOC(c3ccc(F)cc3)c3ccc(F)cc3)CC2)cc1. The highest BCUT2D eigenvalue weighted by atomic mass is 19.1. The molecule has 34 heavy (non-hydrogen) atoms. The summed E-state index contributed by atoms with van der Waals surface area (Å²) in [4.78, 5) is 4.86. The Bertz CT molecular complexity index is 956. The Balaban J connectivity index is 1.21. The molecule has 1 saturated heterocycles. The molecule has 1 fully saturated rings. The van der Waals surface area contributed by atoms with Gasteiger partial charge < -0.3 is 9.64 Å². The molecule has 1 aliphatic heterocycles. The van der Waals surface area contributed by atoms with Crippen LogP contribution in [0.3, 0.4) is 0 Å². The van der Waals surface area contributed by atoms with Crippen molar-refractivity contribution in [3.05, 3.63) is 107 Å². The van der Waals surface area contributed by atoms with Crippen molar-refractivity contribution < 1.29 is 17.9 Å². The van der Waals surface area contributed by atoms with Gasteiger partial charge >= 0.3 is 0 Å². The second kappa shape index (κ2) is 12.2. The van der Waals surface area contributed by atoms with E-state index in [2.05, 4.69) is 9.80 Å². The maximum Gasteiger partial charge on any atom is 0.123 e. The Labute approximate surface area is 199 Å². The molecule has 0 radical (unpaired) electrons. The predicted molar refractivity (Wildman–Crippen MR) is 128 cm³/mol. The molecule has 0 saturated carbocycles. The van der Waals surface area contributed by atoms with Crippen molar-refractivity contribution in [3.63, 3.8) is 0 Å². The number of piperazine rings is 1. The number of aryl methyl sites for hydroxylation is 1. The van der Waals surface area contributed by atoms with Gasteiger partial charge in [-0.2, -0.15) is 0 Å². The molecule has 0 aromatic heterocycles. The molecule has 0 amide bonds. The fourth-order valence-electron chi connectivity index (χ4n) is 4.35. The lowest BCUT2D eigenvalue weighted by molar-refractivity contribution is 0.0451. The van der Waals surface area contributed by atoms with E-state index in [1.807, 2.05) is 12.1 Å². The minimum atomic E-state index is -0.367. The number of ether oxygens (including phenoxy) is 1. The van der Waals surface area contributed by atoms with Crippen LogP contribution >= 0.6 is 0 Å². The van der Waals surface area contributed by atoms with E-state index in [1.54, 1.807) is 24.3 Å². The van der Waals surface area contributed by atoms with Gasteiger partial charge in [-0.25, -0.2) is 13.2 Å². The van der Waals surface area contributed by atoms with Crippen LogP contribution in [0.1, 0.15) is 29.2 Å². The van der Waals surface area contributed by atoms with Gasteiger partial charge in [0, 0.05) is 32.7 Å². The molecule has 0 unspecified atom stereocenters. The van der Waals surface area contributed by atoms with Gasteiger partial charge in [0.1, 0.15) is 23.6 Å². The van der Waals surface area contributed by atoms with Gasteiger partial charge in [-0.05, 0) is 72.5 Å². The zero-order chi connectivity index (χ0) is 23.8. The standard InChI is InChI=1S/C28H31F3N2O/c29-25-9-3-22(4-10-25)2-1-15-32-16-18-33(19-17-32)20-21-34-28(23-5-11-26(30)12-6-23)24-7-13-27(31)14-8-24/h3-14,28H,1-2,15-21H2. The second-order valence-corrected chi connectivity index (χ2v) is 8.77.